The van der Waals surface area contributed by atoms with Gasteiger partial charge in [0.25, 0.3) is 0 Å². The molecule has 0 saturated carbocycles. The maximum atomic E-state index is 12.4. The first kappa shape index (κ1) is 56.3. The fourth-order valence-electron chi connectivity index (χ4n) is 7.74. The van der Waals surface area contributed by atoms with E-state index in [1.807, 2.05) is 6.08 Å². The second-order valence-corrected chi connectivity index (χ2v) is 17.5. The molecule has 0 saturated heterocycles. The zero-order chi connectivity index (χ0) is 42.3. The number of hydrogen-bond donors (Lipinski definition) is 3. The van der Waals surface area contributed by atoms with Gasteiger partial charge in [0.1, 0.15) is 0 Å². The molecule has 0 rings (SSSR count). The van der Waals surface area contributed by atoms with Gasteiger partial charge in [-0.3, -0.25) is 9.59 Å². The Morgan fingerprint density at radius 2 is 0.810 bits per heavy atom. The molecule has 3 N–H and O–H groups in total. The van der Waals surface area contributed by atoms with Crippen LogP contribution in [0.3, 0.4) is 0 Å². The van der Waals surface area contributed by atoms with Crippen LogP contribution in [-0.4, -0.2) is 47.4 Å². The zero-order valence-corrected chi connectivity index (χ0v) is 38.8. The lowest BCUT2D eigenvalue weighted by Gasteiger charge is -2.20. The van der Waals surface area contributed by atoms with Gasteiger partial charge in [0.2, 0.25) is 5.91 Å². The quantitative estimate of drug-likeness (QED) is 0.0323. The van der Waals surface area contributed by atoms with Crippen molar-refractivity contribution < 1.29 is 24.5 Å². The summed E-state index contributed by atoms with van der Waals surface area (Å²) in [7, 11) is 0. The van der Waals surface area contributed by atoms with Gasteiger partial charge in [-0.2, -0.15) is 0 Å². The average molecular weight is 818 g/mol. The third kappa shape index (κ3) is 43.9. The van der Waals surface area contributed by atoms with Crippen LogP contribution in [0.1, 0.15) is 271 Å². The van der Waals surface area contributed by atoms with E-state index in [9.17, 15) is 19.8 Å². The molecule has 2 unspecified atom stereocenters. The summed E-state index contributed by atoms with van der Waals surface area (Å²) in [5.41, 5.74) is 0. The molecule has 2 atom stereocenters. The molecular formula is C52H99NO5. The van der Waals surface area contributed by atoms with Crippen LogP contribution in [0.25, 0.3) is 0 Å². The molecule has 0 fully saturated rings. The van der Waals surface area contributed by atoms with Gasteiger partial charge in [0.05, 0.1) is 25.4 Å². The summed E-state index contributed by atoms with van der Waals surface area (Å²) in [6.45, 7) is 4.84. The summed E-state index contributed by atoms with van der Waals surface area (Å²) in [6, 6.07) is -0.636. The maximum Gasteiger partial charge on any atom is 0.305 e. The van der Waals surface area contributed by atoms with Gasteiger partial charge in [0.15, 0.2) is 0 Å². The molecule has 6 heteroatoms. The third-order valence-corrected chi connectivity index (χ3v) is 11.7. The van der Waals surface area contributed by atoms with Gasteiger partial charge >= 0.3 is 5.97 Å². The minimum atomic E-state index is -0.851. The summed E-state index contributed by atoms with van der Waals surface area (Å²) in [5, 5.41) is 22.9. The molecule has 0 aromatic heterocycles. The number of amides is 1. The van der Waals surface area contributed by atoms with E-state index in [-0.39, 0.29) is 18.5 Å². The Hall–Kier alpha value is -1.66. The van der Waals surface area contributed by atoms with Gasteiger partial charge in [-0.05, 0) is 57.8 Å². The molecule has 0 heterocycles. The molecule has 0 aliphatic carbocycles. The van der Waals surface area contributed by atoms with Gasteiger partial charge in [-0.1, -0.05) is 224 Å². The Labute approximate surface area is 361 Å². The molecule has 0 aliphatic heterocycles. The van der Waals surface area contributed by atoms with Crippen LogP contribution >= 0.6 is 0 Å². The lowest BCUT2D eigenvalue weighted by molar-refractivity contribution is -0.143. The number of ether oxygens (including phenoxy) is 1. The normalized spacial score (nSPS) is 12.8. The number of hydrogen-bond acceptors (Lipinski definition) is 5. The summed E-state index contributed by atoms with van der Waals surface area (Å²) >= 11 is 0. The van der Waals surface area contributed by atoms with Crippen molar-refractivity contribution in [3.63, 3.8) is 0 Å². The predicted octanol–water partition coefficient (Wildman–Crippen LogP) is 15.1. The second kappa shape index (κ2) is 48.0. The first-order valence-corrected chi connectivity index (χ1v) is 25.6. The van der Waals surface area contributed by atoms with Crippen LogP contribution in [0.4, 0.5) is 0 Å². The van der Waals surface area contributed by atoms with Crippen LogP contribution in [0.2, 0.25) is 0 Å². The fourth-order valence-corrected chi connectivity index (χ4v) is 7.74. The molecule has 0 aromatic carbocycles. The van der Waals surface area contributed by atoms with Crippen LogP contribution in [0.5, 0.6) is 0 Å². The first-order chi connectivity index (χ1) is 28.5. The predicted molar refractivity (Wildman–Crippen MR) is 250 cm³/mol. The van der Waals surface area contributed by atoms with Crippen LogP contribution in [0, 0.1) is 0 Å². The number of allylic oxidation sites excluding steroid dienone is 3. The Bertz CT molecular complexity index is 904. The highest BCUT2D eigenvalue weighted by molar-refractivity contribution is 5.76. The van der Waals surface area contributed by atoms with Crippen LogP contribution in [-0.2, 0) is 14.3 Å². The number of unbranched alkanes of at least 4 members (excludes halogenated alkanes) is 34. The van der Waals surface area contributed by atoms with Crippen molar-refractivity contribution in [3.05, 3.63) is 24.3 Å². The SMILES string of the molecule is CCCCCCCCC/C=C/C(O)C(CO)NC(=O)CCCCCCCCC/C=C\CCCCCCOC(=O)CCCCCCCCCCCCCCCCCCC. The second-order valence-electron chi connectivity index (χ2n) is 17.5. The maximum absolute atomic E-state index is 12.4. The molecule has 6 nitrogen and oxygen atoms in total. The Kier molecular flexibility index (Phi) is 46.6. The van der Waals surface area contributed by atoms with Crippen molar-refractivity contribution in [1.29, 1.82) is 0 Å². The highest BCUT2D eigenvalue weighted by Crippen LogP contribution is 2.16. The summed E-state index contributed by atoms with van der Waals surface area (Å²) in [6.07, 6.45) is 56.2. The van der Waals surface area contributed by atoms with E-state index in [0.29, 0.717) is 19.4 Å². The Morgan fingerprint density at radius 3 is 1.22 bits per heavy atom. The van der Waals surface area contributed by atoms with E-state index >= 15 is 0 Å². The molecule has 0 aliphatic rings. The van der Waals surface area contributed by atoms with E-state index < -0.39 is 12.1 Å². The number of carbonyl (C=O) groups excluding carboxylic acids is 2. The van der Waals surface area contributed by atoms with Crippen molar-refractivity contribution >= 4 is 11.9 Å². The molecule has 0 bridgehead atoms. The molecule has 0 aromatic rings. The van der Waals surface area contributed by atoms with E-state index in [1.165, 1.54) is 173 Å². The monoisotopic (exact) mass is 818 g/mol. The standard InChI is InChI=1S/C52H99NO5/c1-3-5-7-9-11-13-14-15-16-17-20-23-26-30-34-38-42-46-52(57)58-47-43-39-35-31-27-24-21-18-19-22-25-29-33-37-41-45-51(56)53-49(48-54)50(55)44-40-36-32-28-12-10-8-6-4-2/h21,24,40,44,49-50,54-55H,3-20,22-23,25-39,41-43,45-48H2,1-2H3,(H,53,56)/b24-21-,44-40+. The van der Waals surface area contributed by atoms with Crippen LogP contribution < -0.4 is 5.32 Å². The van der Waals surface area contributed by atoms with E-state index in [2.05, 4.69) is 31.3 Å². The van der Waals surface area contributed by atoms with E-state index in [4.69, 9.17) is 4.74 Å². The Balaban J connectivity index is 3.45. The van der Waals surface area contributed by atoms with Crippen LogP contribution in [0.15, 0.2) is 24.3 Å². The Morgan fingerprint density at radius 1 is 0.466 bits per heavy atom. The highest BCUT2D eigenvalue weighted by atomic mass is 16.5. The molecule has 1 amide bonds. The lowest BCUT2D eigenvalue weighted by Crippen LogP contribution is -2.45. The zero-order valence-electron chi connectivity index (χ0n) is 38.8. The number of rotatable bonds is 47. The minimum absolute atomic E-state index is 0.00802. The number of esters is 1. The van der Waals surface area contributed by atoms with Gasteiger partial charge in [-0.25, -0.2) is 0 Å². The number of carbonyl (C=O) groups is 2. The van der Waals surface area contributed by atoms with Gasteiger partial charge in [0, 0.05) is 12.8 Å². The minimum Gasteiger partial charge on any atom is -0.466 e. The summed E-state index contributed by atoms with van der Waals surface area (Å²) in [4.78, 5) is 24.4. The molecule has 0 radical (unpaired) electrons. The van der Waals surface area contributed by atoms with Crippen molar-refractivity contribution in [2.24, 2.45) is 0 Å². The smallest absolute Gasteiger partial charge is 0.305 e. The van der Waals surface area contributed by atoms with E-state index in [0.717, 1.165) is 70.6 Å². The molecule has 0 spiro atoms. The molecular weight excluding hydrogens is 719 g/mol. The lowest BCUT2D eigenvalue weighted by atomic mass is 10.0. The molecule has 58 heavy (non-hydrogen) atoms. The van der Waals surface area contributed by atoms with E-state index in [1.54, 1.807) is 6.08 Å². The topological polar surface area (TPSA) is 95.9 Å². The number of nitrogens with one attached hydrogen (secondary N) is 1. The van der Waals surface area contributed by atoms with Gasteiger partial charge in [-0.15, -0.1) is 0 Å². The average Bonchev–Trinajstić information content (AvgIpc) is 3.22. The fraction of sp³-hybridized carbons (Fsp3) is 0.885. The summed E-state index contributed by atoms with van der Waals surface area (Å²) in [5.74, 6) is -0.0941. The van der Waals surface area contributed by atoms with Gasteiger partial charge < -0.3 is 20.3 Å². The van der Waals surface area contributed by atoms with Crippen molar-refractivity contribution in [2.45, 2.75) is 283 Å². The highest BCUT2D eigenvalue weighted by Gasteiger charge is 2.18. The third-order valence-electron chi connectivity index (χ3n) is 11.7. The number of aliphatic hydroxyl groups is 2. The van der Waals surface area contributed by atoms with Crippen molar-refractivity contribution in [3.8, 4) is 0 Å². The summed E-state index contributed by atoms with van der Waals surface area (Å²) < 4.78 is 5.46. The number of aliphatic hydroxyl groups excluding tert-OH is 2. The van der Waals surface area contributed by atoms with Crippen molar-refractivity contribution in [2.75, 3.05) is 13.2 Å². The van der Waals surface area contributed by atoms with Crippen molar-refractivity contribution in [1.82, 2.24) is 5.32 Å². The molecule has 342 valence electrons. The first-order valence-electron chi connectivity index (χ1n) is 25.6. The largest absolute Gasteiger partial charge is 0.466 e.